The lowest BCUT2D eigenvalue weighted by molar-refractivity contribution is -0.385. The van der Waals surface area contributed by atoms with Gasteiger partial charge in [0.05, 0.1) is 27.7 Å². The molecule has 0 bridgehead atoms. The summed E-state index contributed by atoms with van der Waals surface area (Å²) in [6.45, 7) is 11.3. The zero-order valence-corrected chi connectivity index (χ0v) is 23.2. The summed E-state index contributed by atoms with van der Waals surface area (Å²) in [7, 11) is 0. The number of para-hydroxylation sites is 1. The summed E-state index contributed by atoms with van der Waals surface area (Å²) in [5.41, 5.74) is 3.46. The van der Waals surface area contributed by atoms with E-state index in [0.717, 1.165) is 22.3 Å². The third-order valence-corrected chi connectivity index (χ3v) is 9.02. The van der Waals surface area contributed by atoms with Gasteiger partial charge in [0, 0.05) is 17.5 Å². The van der Waals surface area contributed by atoms with Crippen LogP contribution in [0.3, 0.4) is 0 Å². The van der Waals surface area contributed by atoms with Gasteiger partial charge in [0.1, 0.15) is 10.8 Å². The first-order chi connectivity index (χ1) is 19.0. The number of nitro groups is 1. The molecule has 3 atom stereocenters. The predicted octanol–water partition coefficient (Wildman–Crippen LogP) is 5.74. The average molecular weight is 536 g/mol. The third kappa shape index (κ3) is 3.03. The highest BCUT2D eigenvalue weighted by atomic mass is 16.6. The molecule has 0 aromatic heterocycles. The first-order valence-corrected chi connectivity index (χ1v) is 13.2. The van der Waals surface area contributed by atoms with Crippen molar-refractivity contribution in [3.8, 4) is 0 Å². The number of hydrogen-bond acceptors (Lipinski definition) is 6. The monoisotopic (exact) mass is 535 g/mol. The fourth-order valence-corrected chi connectivity index (χ4v) is 6.67. The van der Waals surface area contributed by atoms with Crippen LogP contribution in [0.2, 0.25) is 0 Å². The number of aryl methyl sites for hydroxylation is 4. The maximum absolute atomic E-state index is 14.6. The molecule has 2 amide bonds. The van der Waals surface area contributed by atoms with Crippen molar-refractivity contribution in [1.82, 2.24) is 0 Å². The van der Waals surface area contributed by atoms with Crippen LogP contribution in [0.15, 0.2) is 70.9 Å². The van der Waals surface area contributed by atoms with Crippen LogP contribution in [0.5, 0.6) is 0 Å². The van der Waals surface area contributed by atoms with E-state index in [2.05, 4.69) is 0 Å². The van der Waals surface area contributed by atoms with Crippen LogP contribution in [-0.2, 0) is 9.59 Å². The van der Waals surface area contributed by atoms with E-state index in [4.69, 9.17) is 10.2 Å². The summed E-state index contributed by atoms with van der Waals surface area (Å²) in [5, 5.41) is 24.2. The van der Waals surface area contributed by atoms with Gasteiger partial charge in [0.25, 0.3) is 17.5 Å². The van der Waals surface area contributed by atoms with Crippen molar-refractivity contribution in [2.75, 3.05) is 10.0 Å². The highest BCUT2D eigenvalue weighted by molar-refractivity contribution is 6.37. The minimum Gasteiger partial charge on any atom is -0.271 e. The molecule has 0 saturated heterocycles. The lowest BCUT2D eigenvalue weighted by Crippen LogP contribution is -2.40. The van der Waals surface area contributed by atoms with Gasteiger partial charge in [-0.25, -0.2) is 0 Å². The van der Waals surface area contributed by atoms with Gasteiger partial charge in [-0.3, -0.25) is 19.7 Å². The van der Waals surface area contributed by atoms with Gasteiger partial charge in [0.15, 0.2) is 0 Å². The smallest absolute Gasteiger partial charge is 0.271 e. The normalized spacial score (nSPS) is 25.2. The Hall–Kier alpha value is -4.66. The van der Waals surface area contributed by atoms with E-state index in [1.807, 2.05) is 64.1 Å². The molecule has 2 spiro atoms. The van der Waals surface area contributed by atoms with E-state index < -0.39 is 21.7 Å². The molecule has 1 fully saturated rings. The van der Waals surface area contributed by atoms with Gasteiger partial charge >= 0.3 is 0 Å². The lowest BCUT2D eigenvalue weighted by Gasteiger charge is -2.19. The zero-order chi connectivity index (χ0) is 28.7. The molecule has 9 nitrogen and oxygen atoms in total. The molecule has 3 aliphatic rings. The number of carbonyl (C=O) groups excluding carboxylic acids is 2. The van der Waals surface area contributed by atoms with Crippen LogP contribution in [0.25, 0.3) is 0 Å². The molecule has 40 heavy (non-hydrogen) atoms. The average Bonchev–Trinajstić information content (AvgIpc) is 3.40. The van der Waals surface area contributed by atoms with E-state index in [-0.39, 0.29) is 17.5 Å². The van der Waals surface area contributed by atoms with E-state index >= 15 is 0 Å². The number of nitro benzene ring substituents is 1. The number of carbonyl (C=O) groups is 2. The van der Waals surface area contributed by atoms with Gasteiger partial charge in [-0.1, -0.05) is 30.3 Å². The largest absolute Gasteiger partial charge is 0.272 e. The summed E-state index contributed by atoms with van der Waals surface area (Å²) in [5.74, 6) is -1.62. The molecular weight excluding hydrogens is 506 g/mol. The maximum atomic E-state index is 14.6. The number of hydrogen-bond donors (Lipinski definition) is 0. The topological polar surface area (TPSA) is 108 Å². The zero-order valence-electron chi connectivity index (χ0n) is 23.2. The SMILES string of the molecule is CC1=NN(c2ccc(C)c(C)c2)C(=O)[C@@]12C(c1ccccc1[N+](=O)[O-])[C@]21C(=O)N(c2ccc(C)c(C)c2)N=C1C. The predicted molar refractivity (Wildman–Crippen MR) is 154 cm³/mol. The number of anilines is 2. The molecule has 2 aliphatic heterocycles. The molecule has 202 valence electrons. The van der Waals surface area contributed by atoms with Crippen molar-refractivity contribution in [3.05, 3.63) is 98.6 Å². The van der Waals surface area contributed by atoms with Gasteiger partial charge < -0.3 is 0 Å². The molecule has 3 aromatic rings. The molecule has 1 unspecified atom stereocenters. The Labute approximate surface area is 231 Å². The van der Waals surface area contributed by atoms with Crippen molar-refractivity contribution in [3.63, 3.8) is 0 Å². The second-order valence-electron chi connectivity index (χ2n) is 11.0. The Bertz CT molecular complexity index is 1630. The second kappa shape index (κ2) is 8.42. The second-order valence-corrected chi connectivity index (χ2v) is 11.0. The number of amides is 2. The number of benzene rings is 3. The fourth-order valence-electron chi connectivity index (χ4n) is 6.67. The summed E-state index contributed by atoms with van der Waals surface area (Å²) >= 11 is 0. The van der Waals surface area contributed by atoms with Crippen LogP contribution < -0.4 is 10.0 Å². The van der Waals surface area contributed by atoms with Crippen molar-refractivity contribution in [2.45, 2.75) is 47.5 Å². The van der Waals surface area contributed by atoms with Crippen LogP contribution >= 0.6 is 0 Å². The third-order valence-electron chi connectivity index (χ3n) is 9.02. The maximum Gasteiger partial charge on any atom is 0.272 e. The van der Waals surface area contributed by atoms with E-state index in [0.29, 0.717) is 28.4 Å². The molecule has 0 radical (unpaired) electrons. The summed E-state index contributed by atoms with van der Waals surface area (Å²) < 4.78 is 0. The Balaban J connectivity index is 1.56. The quantitative estimate of drug-likeness (QED) is 0.313. The van der Waals surface area contributed by atoms with Crippen LogP contribution in [0.1, 0.15) is 47.6 Å². The summed E-state index contributed by atoms with van der Waals surface area (Å²) in [6.07, 6.45) is 0. The van der Waals surface area contributed by atoms with E-state index in [9.17, 15) is 19.7 Å². The highest BCUT2D eigenvalue weighted by Crippen LogP contribution is 2.80. The van der Waals surface area contributed by atoms with Crippen molar-refractivity contribution < 1.29 is 14.5 Å². The number of rotatable bonds is 4. The Morgan fingerprint density at radius 2 is 1.15 bits per heavy atom. The van der Waals surface area contributed by atoms with E-state index in [1.165, 1.54) is 16.1 Å². The van der Waals surface area contributed by atoms with Crippen LogP contribution in [-0.4, -0.2) is 28.2 Å². The molecular formula is C31H29N5O4. The molecule has 3 aromatic carbocycles. The fraction of sp³-hybridized carbons (Fsp3) is 0.290. The molecule has 1 saturated carbocycles. The summed E-state index contributed by atoms with van der Waals surface area (Å²) in [6, 6.07) is 17.6. The van der Waals surface area contributed by atoms with Crippen LogP contribution in [0, 0.1) is 48.6 Å². The van der Waals surface area contributed by atoms with Gasteiger partial charge in [-0.2, -0.15) is 20.2 Å². The lowest BCUT2D eigenvalue weighted by atomic mass is 9.85. The molecule has 9 heteroatoms. The Morgan fingerprint density at radius 1 is 0.700 bits per heavy atom. The highest BCUT2D eigenvalue weighted by Gasteiger charge is 2.91. The number of hydrazone groups is 2. The van der Waals surface area contributed by atoms with Gasteiger partial charge in [0.2, 0.25) is 0 Å². The molecule has 6 rings (SSSR count). The van der Waals surface area contributed by atoms with Gasteiger partial charge in [-0.05, 0) is 88.1 Å². The van der Waals surface area contributed by atoms with E-state index in [1.54, 1.807) is 32.0 Å². The Morgan fingerprint density at radius 3 is 1.57 bits per heavy atom. The summed E-state index contributed by atoms with van der Waals surface area (Å²) in [4.78, 5) is 40.8. The van der Waals surface area contributed by atoms with Crippen molar-refractivity contribution in [2.24, 2.45) is 21.0 Å². The minimum atomic E-state index is -1.45. The molecule has 1 aliphatic carbocycles. The number of nitrogens with zero attached hydrogens (tertiary/aromatic N) is 5. The Kier molecular flexibility index (Phi) is 5.39. The standard InChI is InChI=1S/C31H29N5O4/c1-17-11-13-23(15-19(17)3)34-28(37)30(21(5)32-34)27(25-9-7-8-10-26(25)36(39)40)31(30)22(6)33-35(29(31)38)24-14-12-18(2)20(4)16-24/h7-16,27H,1-6H3/t27?,30-,31+. The number of fused-ring (bicyclic) bond motifs is 1. The molecule has 0 N–H and O–H groups in total. The first kappa shape index (κ1) is 25.6. The van der Waals surface area contributed by atoms with Crippen LogP contribution in [0.4, 0.5) is 17.1 Å². The van der Waals surface area contributed by atoms with Gasteiger partial charge in [-0.15, -0.1) is 0 Å². The van der Waals surface area contributed by atoms with Crippen molar-refractivity contribution in [1.29, 1.82) is 0 Å². The first-order valence-electron chi connectivity index (χ1n) is 13.2. The van der Waals surface area contributed by atoms with Crippen molar-refractivity contribution >= 4 is 40.3 Å². The molecule has 2 heterocycles. The minimum absolute atomic E-state index is 0.140.